The van der Waals surface area contributed by atoms with Gasteiger partial charge in [-0.25, -0.2) is 4.99 Å². The second-order valence-corrected chi connectivity index (χ2v) is 9.53. The summed E-state index contributed by atoms with van der Waals surface area (Å²) in [7, 11) is 2.12. The molecule has 2 aliphatic heterocycles. The third kappa shape index (κ3) is 6.85. The number of rotatable bonds is 7. The number of likely N-dealkylation sites (N-methyl/N-ethyl adjacent to an activating group) is 1. The van der Waals surface area contributed by atoms with E-state index in [4.69, 9.17) is 14.5 Å². The van der Waals surface area contributed by atoms with Crippen molar-refractivity contribution in [2.75, 3.05) is 71.4 Å². The zero-order chi connectivity index (χ0) is 26.0. The van der Waals surface area contributed by atoms with Gasteiger partial charge >= 0.3 is 0 Å². The summed E-state index contributed by atoms with van der Waals surface area (Å²) in [5.41, 5.74) is 6.84. The van der Waals surface area contributed by atoms with E-state index in [1.54, 1.807) is 0 Å². The molecule has 198 valence electrons. The van der Waals surface area contributed by atoms with E-state index in [2.05, 4.69) is 70.1 Å². The highest BCUT2D eigenvalue weighted by Gasteiger charge is 2.55. The van der Waals surface area contributed by atoms with Gasteiger partial charge in [0.2, 0.25) is 12.3 Å². The smallest absolute Gasteiger partial charge is 0.234 e. The molecule has 1 aliphatic carbocycles. The summed E-state index contributed by atoms with van der Waals surface area (Å²) in [6.07, 6.45) is 5.17. The van der Waals surface area contributed by atoms with Crippen molar-refractivity contribution in [1.29, 1.82) is 0 Å². The number of aliphatic imine (C=N–C) groups is 1. The molecule has 3 aliphatic rings. The number of hydrogen-bond acceptors (Lipinski definition) is 6. The van der Waals surface area contributed by atoms with Crippen molar-refractivity contribution in [3.05, 3.63) is 41.6 Å². The maximum atomic E-state index is 13.6. The van der Waals surface area contributed by atoms with Gasteiger partial charge in [-0.05, 0) is 57.5 Å². The van der Waals surface area contributed by atoms with Crippen molar-refractivity contribution in [2.24, 2.45) is 16.1 Å². The van der Waals surface area contributed by atoms with E-state index in [9.17, 15) is 4.79 Å². The minimum absolute atomic E-state index is 0.250. The number of benzene rings is 1. The van der Waals surface area contributed by atoms with Crippen LogP contribution in [0.1, 0.15) is 38.7 Å². The van der Waals surface area contributed by atoms with Gasteiger partial charge in [0.1, 0.15) is 5.84 Å². The summed E-state index contributed by atoms with van der Waals surface area (Å²) in [5.74, 6) is 1.21. The van der Waals surface area contributed by atoms with Gasteiger partial charge in [0, 0.05) is 57.1 Å². The molecule has 36 heavy (non-hydrogen) atoms. The van der Waals surface area contributed by atoms with E-state index in [0.29, 0.717) is 13.2 Å². The Labute approximate surface area is 215 Å². The van der Waals surface area contributed by atoms with Crippen molar-refractivity contribution >= 4 is 23.8 Å². The fraction of sp³-hybridized carbons (Fsp3) is 0.593. The average molecular weight is 499 g/mol. The number of primary amides is 1. The lowest BCUT2D eigenvalue weighted by molar-refractivity contribution is -0.137. The van der Waals surface area contributed by atoms with Crippen LogP contribution in [0.3, 0.4) is 0 Å². The number of nitrogens with zero attached hydrogens (tertiary/aromatic N) is 4. The summed E-state index contributed by atoms with van der Waals surface area (Å²) in [6.45, 7) is 11.7. The molecule has 4 rings (SSSR count). The highest BCUT2D eigenvalue weighted by atomic mass is 16.5. The molecule has 2 amide bonds. The lowest BCUT2D eigenvalue weighted by Crippen LogP contribution is -2.49. The van der Waals surface area contributed by atoms with Crippen molar-refractivity contribution in [3.8, 4) is 0 Å². The molecule has 3 N–H and O–H groups in total. The van der Waals surface area contributed by atoms with Crippen molar-refractivity contribution < 1.29 is 14.3 Å². The molecule has 1 aromatic rings. The molecular weight excluding hydrogens is 456 g/mol. The van der Waals surface area contributed by atoms with E-state index >= 15 is 0 Å². The molecular formula is C27H42N6O3. The molecule has 3 fully saturated rings. The fourth-order valence-corrected chi connectivity index (χ4v) is 4.68. The van der Waals surface area contributed by atoms with Crippen molar-refractivity contribution in [3.63, 3.8) is 0 Å². The predicted molar refractivity (Wildman–Crippen MR) is 144 cm³/mol. The molecule has 0 aromatic heterocycles. The molecule has 1 aromatic carbocycles. The van der Waals surface area contributed by atoms with Gasteiger partial charge in [0.05, 0.1) is 24.3 Å². The van der Waals surface area contributed by atoms with Crippen molar-refractivity contribution in [1.82, 2.24) is 14.7 Å². The van der Waals surface area contributed by atoms with E-state index in [0.717, 1.165) is 87.9 Å². The highest BCUT2D eigenvalue weighted by molar-refractivity contribution is 6.00. The van der Waals surface area contributed by atoms with Crippen LogP contribution in [0.4, 0.5) is 5.69 Å². The number of amidine groups is 1. The Morgan fingerprint density at radius 2 is 1.69 bits per heavy atom. The number of nitrogens with two attached hydrogens (primary N) is 1. The third-order valence-corrected chi connectivity index (χ3v) is 6.97. The first-order valence-corrected chi connectivity index (χ1v) is 13.0. The van der Waals surface area contributed by atoms with E-state index in [1.807, 2.05) is 6.92 Å². The number of allylic oxidation sites excluding steroid dienone is 1. The monoisotopic (exact) mass is 498 g/mol. The van der Waals surface area contributed by atoms with E-state index in [-0.39, 0.29) is 12.3 Å². The lowest BCUT2D eigenvalue weighted by Gasteiger charge is -2.35. The van der Waals surface area contributed by atoms with Gasteiger partial charge in [-0.1, -0.05) is 13.0 Å². The Bertz CT molecular complexity index is 912. The van der Waals surface area contributed by atoms with Crippen LogP contribution in [0.15, 0.2) is 41.0 Å². The van der Waals surface area contributed by atoms with Crippen LogP contribution in [0.2, 0.25) is 0 Å². The molecule has 9 nitrogen and oxygen atoms in total. The van der Waals surface area contributed by atoms with Crippen LogP contribution in [0.25, 0.3) is 0 Å². The van der Waals surface area contributed by atoms with Gasteiger partial charge in [0.15, 0.2) is 0 Å². The van der Waals surface area contributed by atoms with Gasteiger partial charge in [-0.15, -0.1) is 0 Å². The zero-order valence-electron chi connectivity index (χ0n) is 22.0. The minimum Gasteiger partial charge on any atom is -0.385 e. The first kappa shape index (κ1) is 27.7. The Morgan fingerprint density at radius 1 is 1.08 bits per heavy atom. The Hall–Kier alpha value is -2.91. The molecule has 9 heteroatoms. The van der Waals surface area contributed by atoms with Gasteiger partial charge in [-0.3, -0.25) is 9.59 Å². The highest BCUT2D eigenvalue weighted by Crippen LogP contribution is 2.54. The number of nitrogens with one attached hydrogen (secondary N) is 1. The van der Waals surface area contributed by atoms with Crippen LogP contribution in [-0.4, -0.2) is 98.9 Å². The van der Waals surface area contributed by atoms with Gasteiger partial charge in [0.25, 0.3) is 0 Å². The first-order chi connectivity index (χ1) is 17.5. The molecule has 2 saturated heterocycles. The molecule has 0 bridgehead atoms. The lowest BCUT2D eigenvalue weighted by atomic mass is 9.99. The topological polar surface area (TPSA) is 104 Å². The standard InChI is InChI=1S/C26H39N5O2.CH3NO/c1-4-12-27-22-8-6-21(7-9-22)24(30-17-19-33-20-18-30)28-23(5-2)26(10-11-26)25(32)31-15-13-29(3)14-16-31;2-1-3/h5-9,27H,4,10-20H2,1-3H3;1H,(H2,2,3)/b23-5-,28-24?;. The summed E-state index contributed by atoms with van der Waals surface area (Å²) in [6, 6.07) is 8.53. The minimum atomic E-state index is -0.454. The number of carbonyl (C=O) groups excluding carboxylic acids is 2. The second kappa shape index (κ2) is 13.4. The largest absolute Gasteiger partial charge is 0.385 e. The van der Waals surface area contributed by atoms with E-state index in [1.165, 1.54) is 0 Å². The quantitative estimate of drug-likeness (QED) is 0.339. The molecule has 1 saturated carbocycles. The molecule has 0 spiro atoms. The Morgan fingerprint density at radius 3 is 2.22 bits per heavy atom. The fourth-order valence-electron chi connectivity index (χ4n) is 4.68. The number of anilines is 1. The van der Waals surface area contributed by atoms with Crippen molar-refractivity contribution in [2.45, 2.75) is 33.1 Å². The number of ether oxygens (including phenoxy) is 1. The van der Waals surface area contributed by atoms with Crippen LogP contribution >= 0.6 is 0 Å². The SMILES string of the molecule is C/C=C(\N=C(c1ccc(NCCC)cc1)N1CCOCC1)C1(C(=O)N2CCN(C)CC2)CC1.NC=O. The van der Waals surface area contributed by atoms with Gasteiger partial charge < -0.3 is 30.5 Å². The van der Waals surface area contributed by atoms with Crippen LogP contribution in [0, 0.1) is 5.41 Å². The average Bonchev–Trinajstić information content (AvgIpc) is 3.71. The Kier molecular flexibility index (Phi) is 10.3. The third-order valence-electron chi connectivity index (χ3n) is 6.97. The zero-order valence-corrected chi connectivity index (χ0v) is 22.0. The van der Waals surface area contributed by atoms with Crippen LogP contribution in [0.5, 0.6) is 0 Å². The summed E-state index contributed by atoms with van der Waals surface area (Å²) < 4.78 is 5.60. The number of hydrogen-bond donors (Lipinski definition) is 2. The Balaban J connectivity index is 0.00000115. The number of amides is 2. The first-order valence-electron chi connectivity index (χ1n) is 13.0. The summed E-state index contributed by atoms with van der Waals surface area (Å²) in [4.78, 5) is 34.0. The maximum Gasteiger partial charge on any atom is 0.234 e. The predicted octanol–water partition coefficient (Wildman–Crippen LogP) is 2.15. The second-order valence-electron chi connectivity index (χ2n) is 9.53. The number of morpholine rings is 1. The van der Waals surface area contributed by atoms with Crippen LogP contribution in [-0.2, 0) is 14.3 Å². The summed E-state index contributed by atoms with van der Waals surface area (Å²) in [5, 5.41) is 3.44. The molecule has 0 radical (unpaired) electrons. The molecule has 0 atom stereocenters. The normalized spacial score (nSPS) is 20.3. The molecule has 2 heterocycles. The number of piperazine rings is 1. The van der Waals surface area contributed by atoms with Gasteiger partial charge in [-0.2, -0.15) is 0 Å². The van der Waals surface area contributed by atoms with Crippen LogP contribution < -0.4 is 11.1 Å². The number of carbonyl (C=O) groups is 2. The molecule has 0 unspecified atom stereocenters. The van der Waals surface area contributed by atoms with E-state index < -0.39 is 5.41 Å². The summed E-state index contributed by atoms with van der Waals surface area (Å²) >= 11 is 0. The maximum absolute atomic E-state index is 13.6.